The van der Waals surface area contributed by atoms with Crippen molar-refractivity contribution in [1.82, 2.24) is 4.90 Å². The average molecular weight is 339 g/mol. The van der Waals surface area contributed by atoms with Gasteiger partial charge < -0.3 is 15.3 Å². The van der Waals surface area contributed by atoms with Crippen LogP contribution in [-0.2, 0) is 9.59 Å². The largest absolute Gasteiger partial charge is 0.480 e. The van der Waals surface area contributed by atoms with Crippen LogP contribution in [0.3, 0.4) is 0 Å². The summed E-state index contributed by atoms with van der Waals surface area (Å²) in [7, 11) is 0. The Morgan fingerprint density at radius 1 is 1.35 bits per heavy atom. The van der Waals surface area contributed by atoms with Gasteiger partial charge in [0.25, 0.3) is 5.91 Å². The standard InChI is InChI=1S/C16H19ClN2O4/c1-9(2)14(20)18-10-5-6-12(17)11(8-10)15(21)19-7-3-4-13(19)16(22)23/h5-6,8-9,13H,3-4,7H2,1-2H3,(H,18,20)(H,22,23). The average Bonchev–Trinajstić information content (AvgIpc) is 2.98. The molecule has 0 bridgehead atoms. The molecule has 6 nitrogen and oxygen atoms in total. The van der Waals surface area contributed by atoms with E-state index in [1.54, 1.807) is 19.9 Å². The lowest BCUT2D eigenvalue weighted by atomic mass is 10.1. The number of benzene rings is 1. The molecule has 1 aliphatic rings. The van der Waals surface area contributed by atoms with Gasteiger partial charge in [-0.1, -0.05) is 25.4 Å². The predicted molar refractivity (Wildman–Crippen MR) is 86.6 cm³/mol. The predicted octanol–water partition coefficient (Wildman–Crippen LogP) is 2.62. The summed E-state index contributed by atoms with van der Waals surface area (Å²) in [6.07, 6.45) is 1.08. The molecule has 2 N–H and O–H groups in total. The first-order valence-electron chi connectivity index (χ1n) is 7.45. The molecule has 1 unspecified atom stereocenters. The van der Waals surface area contributed by atoms with Crippen LogP contribution in [0, 0.1) is 5.92 Å². The van der Waals surface area contributed by atoms with Crippen LogP contribution < -0.4 is 5.32 Å². The van der Waals surface area contributed by atoms with E-state index >= 15 is 0 Å². The molecule has 1 fully saturated rings. The summed E-state index contributed by atoms with van der Waals surface area (Å²) in [5, 5.41) is 12.1. The lowest BCUT2D eigenvalue weighted by Crippen LogP contribution is -2.40. The van der Waals surface area contributed by atoms with Crippen molar-refractivity contribution in [1.29, 1.82) is 0 Å². The monoisotopic (exact) mass is 338 g/mol. The SMILES string of the molecule is CC(C)C(=O)Nc1ccc(Cl)c(C(=O)N2CCCC2C(=O)O)c1. The number of carboxylic acids is 1. The number of amides is 2. The number of hydrogen-bond donors (Lipinski definition) is 2. The Labute approximate surface area is 139 Å². The molecule has 0 aliphatic carbocycles. The maximum atomic E-state index is 12.6. The number of carboxylic acid groups (broad SMARTS) is 1. The molecule has 1 saturated heterocycles. The minimum atomic E-state index is -1.02. The van der Waals surface area contributed by atoms with Crippen molar-refractivity contribution in [3.63, 3.8) is 0 Å². The molecular weight excluding hydrogens is 320 g/mol. The van der Waals surface area contributed by atoms with Crippen molar-refractivity contribution in [2.75, 3.05) is 11.9 Å². The Hall–Kier alpha value is -2.08. The topological polar surface area (TPSA) is 86.7 Å². The molecular formula is C16H19ClN2O4. The van der Waals surface area contributed by atoms with Crippen LogP contribution in [0.15, 0.2) is 18.2 Å². The Morgan fingerprint density at radius 3 is 2.65 bits per heavy atom. The zero-order chi connectivity index (χ0) is 17.1. The third-order valence-electron chi connectivity index (χ3n) is 3.79. The number of rotatable bonds is 4. The first kappa shape index (κ1) is 17.3. The second kappa shape index (κ2) is 7.00. The minimum Gasteiger partial charge on any atom is -0.480 e. The van der Waals surface area contributed by atoms with Crippen LogP contribution in [0.2, 0.25) is 5.02 Å². The van der Waals surface area contributed by atoms with Gasteiger partial charge in [-0.3, -0.25) is 9.59 Å². The molecule has 2 amide bonds. The van der Waals surface area contributed by atoms with Gasteiger partial charge in [0.05, 0.1) is 10.6 Å². The first-order valence-corrected chi connectivity index (χ1v) is 7.83. The summed E-state index contributed by atoms with van der Waals surface area (Å²) in [5.74, 6) is -1.81. The van der Waals surface area contributed by atoms with E-state index in [0.29, 0.717) is 25.1 Å². The molecule has 1 aliphatic heterocycles. The highest BCUT2D eigenvalue weighted by atomic mass is 35.5. The van der Waals surface area contributed by atoms with Crippen LogP contribution in [0.5, 0.6) is 0 Å². The van der Waals surface area contributed by atoms with Crippen molar-refractivity contribution in [2.24, 2.45) is 5.92 Å². The second-order valence-corrected chi connectivity index (χ2v) is 6.24. The Bertz CT molecular complexity index is 645. The fraction of sp³-hybridized carbons (Fsp3) is 0.438. The van der Waals surface area contributed by atoms with Crippen molar-refractivity contribution >= 4 is 35.1 Å². The number of anilines is 1. The van der Waals surface area contributed by atoms with Crippen molar-refractivity contribution in [2.45, 2.75) is 32.7 Å². The summed E-state index contributed by atoms with van der Waals surface area (Å²) in [6, 6.07) is 3.80. The highest BCUT2D eigenvalue weighted by molar-refractivity contribution is 6.34. The van der Waals surface area contributed by atoms with Gasteiger partial charge in [0.15, 0.2) is 0 Å². The third kappa shape index (κ3) is 3.82. The fourth-order valence-electron chi connectivity index (χ4n) is 2.47. The van der Waals surface area contributed by atoms with E-state index in [0.717, 1.165) is 0 Å². The third-order valence-corrected chi connectivity index (χ3v) is 4.12. The number of carbonyl (C=O) groups excluding carboxylic acids is 2. The molecule has 124 valence electrons. The summed E-state index contributed by atoms with van der Waals surface area (Å²) in [6.45, 7) is 3.91. The quantitative estimate of drug-likeness (QED) is 0.883. The van der Waals surface area contributed by atoms with Crippen molar-refractivity contribution in [3.05, 3.63) is 28.8 Å². The van der Waals surface area contributed by atoms with E-state index in [4.69, 9.17) is 11.6 Å². The van der Waals surface area contributed by atoms with E-state index in [2.05, 4.69) is 5.32 Å². The fourth-order valence-corrected chi connectivity index (χ4v) is 2.67. The number of hydrogen-bond acceptors (Lipinski definition) is 3. The molecule has 1 aromatic rings. The molecule has 23 heavy (non-hydrogen) atoms. The first-order chi connectivity index (χ1) is 10.8. The zero-order valence-electron chi connectivity index (χ0n) is 13.0. The number of aliphatic carboxylic acids is 1. The number of carbonyl (C=O) groups is 3. The molecule has 7 heteroatoms. The van der Waals surface area contributed by atoms with Gasteiger partial charge in [0, 0.05) is 18.2 Å². The Morgan fingerprint density at radius 2 is 2.04 bits per heavy atom. The van der Waals surface area contributed by atoms with E-state index < -0.39 is 17.9 Å². The lowest BCUT2D eigenvalue weighted by molar-refractivity contribution is -0.141. The number of halogens is 1. The maximum Gasteiger partial charge on any atom is 0.326 e. The van der Waals surface area contributed by atoms with E-state index in [-0.39, 0.29) is 22.4 Å². The lowest BCUT2D eigenvalue weighted by Gasteiger charge is -2.22. The molecule has 0 aromatic heterocycles. The van der Waals surface area contributed by atoms with Crippen molar-refractivity contribution in [3.8, 4) is 0 Å². The molecule has 2 rings (SSSR count). The van der Waals surface area contributed by atoms with Crippen LogP contribution in [0.4, 0.5) is 5.69 Å². The van der Waals surface area contributed by atoms with Gasteiger partial charge in [-0.25, -0.2) is 4.79 Å². The molecule has 1 heterocycles. The van der Waals surface area contributed by atoms with Crippen LogP contribution in [0.25, 0.3) is 0 Å². The highest BCUT2D eigenvalue weighted by Gasteiger charge is 2.35. The Kier molecular flexibility index (Phi) is 5.26. The van der Waals surface area contributed by atoms with E-state index in [9.17, 15) is 19.5 Å². The summed E-state index contributed by atoms with van der Waals surface area (Å²) >= 11 is 6.09. The van der Waals surface area contributed by atoms with Gasteiger partial charge in [0.1, 0.15) is 6.04 Å². The van der Waals surface area contributed by atoms with Gasteiger partial charge in [-0.15, -0.1) is 0 Å². The van der Waals surface area contributed by atoms with Gasteiger partial charge >= 0.3 is 5.97 Å². The second-order valence-electron chi connectivity index (χ2n) is 5.83. The Balaban J connectivity index is 2.26. The van der Waals surface area contributed by atoms with Crippen molar-refractivity contribution < 1.29 is 19.5 Å². The van der Waals surface area contributed by atoms with E-state index in [1.807, 2.05) is 0 Å². The van der Waals surface area contributed by atoms with Crippen LogP contribution in [-0.4, -0.2) is 40.4 Å². The minimum absolute atomic E-state index is 0.171. The zero-order valence-corrected chi connectivity index (χ0v) is 13.8. The highest BCUT2D eigenvalue weighted by Crippen LogP contribution is 2.26. The van der Waals surface area contributed by atoms with Crippen LogP contribution >= 0.6 is 11.6 Å². The van der Waals surface area contributed by atoms with Gasteiger partial charge in [0.2, 0.25) is 5.91 Å². The number of nitrogens with one attached hydrogen (secondary N) is 1. The molecule has 0 saturated carbocycles. The van der Waals surface area contributed by atoms with E-state index in [1.165, 1.54) is 17.0 Å². The number of nitrogens with zero attached hydrogens (tertiary/aromatic N) is 1. The molecule has 0 radical (unpaired) electrons. The summed E-state index contributed by atoms with van der Waals surface area (Å²) < 4.78 is 0. The smallest absolute Gasteiger partial charge is 0.326 e. The number of likely N-dealkylation sites (tertiary alicyclic amines) is 1. The van der Waals surface area contributed by atoms with Gasteiger partial charge in [-0.05, 0) is 31.0 Å². The molecule has 1 aromatic carbocycles. The van der Waals surface area contributed by atoms with Crippen LogP contribution in [0.1, 0.15) is 37.0 Å². The normalized spacial score (nSPS) is 17.4. The maximum absolute atomic E-state index is 12.6. The summed E-state index contributed by atoms with van der Waals surface area (Å²) in [4.78, 5) is 36.9. The molecule has 1 atom stereocenters. The van der Waals surface area contributed by atoms with Gasteiger partial charge in [-0.2, -0.15) is 0 Å². The summed E-state index contributed by atoms with van der Waals surface area (Å²) in [5.41, 5.74) is 0.656. The molecule has 0 spiro atoms.